The van der Waals surface area contributed by atoms with E-state index in [9.17, 15) is 9.90 Å². The van der Waals surface area contributed by atoms with E-state index in [0.717, 1.165) is 41.2 Å². The average Bonchev–Trinajstić information content (AvgIpc) is 2.92. The van der Waals surface area contributed by atoms with E-state index in [1.54, 1.807) is 4.90 Å². The molecule has 2 aromatic carbocycles. The number of β-amino-alcohol motifs (C(OH)–C–C–N with tert-alkyl or cyclic N) is 1. The minimum absolute atomic E-state index is 0.0712. The van der Waals surface area contributed by atoms with E-state index >= 15 is 0 Å². The van der Waals surface area contributed by atoms with Gasteiger partial charge < -0.3 is 14.7 Å². The summed E-state index contributed by atoms with van der Waals surface area (Å²) in [7, 11) is 0. The number of hydrogen-bond donors (Lipinski definition) is 1. The number of aliphatic hydroxyl groups is 1. The summed E-state index contributed by atoms with van der Waals surface area (Å²) < 4.78 is 4.83. The van der Waals surface area contributed by atoms with Crippen LogP contribution < -0.4 is 0 Å². The van der Waals surface area contributed by atoms with Crippen molar-refractivity contribution >= 4 is 40.4 Å². The molecule has 1 unspecified atom stereocenters. The first kappa shape index (κ1) is 24.5. The molecule has 0 aliphatic carbocycles. The summed E-state index contributed by atoms with van der Waals surface area (Å²) in [6.45, 7) is 8.15. The summed E-state index contributed by atoms with van der Waals surface area (Å²) in [5.74, 6) is -0.0726. The third-order valence-corrected chi connectivity index (χ3v) is 6.09. The number of carbonyl (C=O) groups is 1. The standard InChI is InChI=1S/C21H18Cl2N2O2.C4H10O/c1-12-19-14-7-6-13(22)10-16(14)20(15-4-2-3-5-18(15)23)24-11-17(19)21(27)25(12)8-9-26;1-3-5-4-2/h2-7,10,12,26H,8-9,11H2,1H3;3-4H2,1-2H3. The lowest BCUT2D eigenvalue weighted by molar-refractivity contribution is -0.127. The van der Waals surface area contributed by atoms with Crippen LogP contribution >= 0.6 is 23.2 Å². The Labute approximate surface area is 199 Å². The molecule has 0 fully saturated rings. The lowest BCUT2D eigenvalue weighted by Gasteiger charge is -2.24. The Morgan fingerprint density at radius 2 is 1.81 bits per heavy atom. The van der Waals surface area contributed by atoms with Crippen LogP contribution in [-0.2, 0) is 9.53 Å². The molecule has 7 heteroatoms. The molecule has 0 radical (unpaired) electrons. The van der Waals surface area contributed by atoms with Crippen LogP contribution in [0.3, 0.4) is 0 Å². The van der Waals surface area contributed by atoms with Crippen LogP contribution in [0.5, 0.6) is 0 Å². The van der Waals surface area contributed by atoms with Gasteiger partial charge in [-0.15, -0.1) is 0 Å². The molecule has 32 heavy (non-hydrogen) atoms. The summed E-state index contributed by atoms with van der Waals surface area (Å²) in [6, 6.07) is 13.0. The fourth-order valence-electron chi connectivity index (χ4n) is 4.09. The molecule has 2 aliphatic rings. The maximum Gasteiger partial charge on any atom is 0.252 e. The second-order valence-electron chi connectivity index (χ2n) is 7.41. The van der Waals surface area contributed by atoms with E-state index in [1.165, 1.54) is 0 Å². The number of aliphatic imine (C=N–C) groups is 1. The second-order valence-corrected chi connectivity index (χ2v) is 8.25. The number of ether oxygens (including phenoxy) is 1. The third kappa shape index (κ3) is 4.91. The van der Waals surface area contributed by atoms with Gasteiger partial charge in [0.05, 0.1) is 24.9 Å². The van der Waals surface area contributed by atoms with Crippen molar-refractivity contribution in [2.24, 2.45) is 4.99 Å². The van der Waals surface area contributed by atoms with E-state index in [1.807, 2.05) is 63.2 Å². The van der Waals surface area contributed by atoms with Gasteiger partial charge in [-0.1, -0.05) is 47.5 Å². The molecule has 0 spiro atoms. The number of carbonyl (C=O) groups excluding carboxylic acids is 1. The van der Waals surface area contributed by atoms with Gasteiger partial charge >= 0.3 is 0 Å². The summed E-state index contributed by atoms with van der Waals surface area (Å²) >= 11 is 12.7. The van der Waals surface area contributed by atoms with Crippen LogP contribution in [0.4, 0.5) is 0 Å². The summed E-state index contributed by atoms with van der Waals surface area (Å²) in [4.78, 5) is 19.4. The van der Waals surface area contributed by atoms with Gasteiger partial charge in [0.25, 0.3) is 5.91 Å². The van der Waals surface area contributed by atoms with Gasteiger partial charge in [-0.25, -0.2) is 0 Å². The first-order chi connectivity index (χ1) is 15.4. The Morgan fingerprint density at radius 3 is 2.44 bits per heavy atom. The highest BCUT2D eigenvalue weighted by atomic mass is 35.5. The third-order valence-electron chi connectivity index (χ3n) is 5.53. The molecular weight excluding hydrogens is 447 g/mol. The van der Waals surface area contributed by atoms with Crippen molar-refractivity contribution in [3.63, 3.8) is 0 Å². The van der Waals surface area contributed by atoms with Crippen molar-refractivity contribution in [2.75, 3.05) is 32.9 Å². The van der Waals surface area contributed by atoms with Crippen LogP contribution in [0.25, 0.3) is 5.57 Å². The van der Waals surface area contributed by atoms with Crippen LogP contribution in [0, 0.1) is 0 Å². The fraction of sp³-hybridized carbons (Fsp3) is 0.360. The maximum absolute atomic E-state index is 12.9. The van der Waals surface area contributed by atoms with Crippen molar-refractivity contribution in [1.29, 1.82) is 0 Å². The van der Waals surface area contributed by atoms with Gasteiger partial charge in [-0.2, -0.15) is 0 Å². The smallest absolute Gasteiger partial charge is 0.252 e. The minimum Gasteiger partial charge on any atom is -0.395 e. The maximum atomic E-state index is 12.9. The highest BCUT2D eigenvalue weighted by Crippen LogP contribution is 2.39. The molecule has 1 atom stereocenters. The topological polar surface area (TPSA) is 62.1 Å². The van der Waals surface area contributed by atoms with E-state index in [-0.39, 0.29) is 25.1 Å². The number of halogens is 2. The van der Waals surface area contributed by atoms with Crippen LogP contribution in [0.2, 0.25) is 10.0 Å². The number of hydrogen-bond acceptors (Lipinski definition) is 4. The molecule has 1 N–H and O–H groups in total. The number of aliphatic hydroxyl groups excluding tert-OH is 1. The van der Waals surface area contributed by atoms with Crippen LogP contribution in [-0.4, -0.2) is 60.6 Å². The van der Waals surface area contributed by atoms with E-state index in [0.29, 0.717) is 22.2 Å². The molecule has 170 valence electrons. The van der Waals surface area contributed by atoms with E-state index < -0.39 is 0 Å². The van der Waals surface area contributed by atoms with Gasteiger partial charge in [0.2, 0.25) is 0 Å². The average molecular weight is 475 g/mol. The SMILES string of the molecule is CC1C2=C(CN=C(c3ccccc3Cl)c3cc(Cl)ccc32)C(=O)N1CCO.CCOCC. The lowest BCUT2D eigenvalue weighted by Crippen LogP contribution is -2.36. The van der Waals surface area contributed by atoms with Gasteiger partial charge in [0.1, 0.15) is 0 Å². The lowest BCUT2D eigenvalue weighted by atomic mass is 9.90. The summed E-state index contributed by atoms with van der Waals surface area (Å²) in [6.07, 6.45) is 0. The number of fused-ring (bicyclic) bond motifs is 2. The van der Waals surface area contributed by atoms with Gasteiger partial charge in [-0.3, -0.25) is 9.79 Å². The molecule has 0 aromatic heterocycles. The molecule has 2 aromatic rings. The molecule has 4 rings (SSSR count). The predicted molar refractivity (Wildman–Crippen MR) is 131 cm³/mol. The quantitative estimate of drug-likeness (QED) is 0.672. The second kappa shape index (κ2) is 11.1. The van der Waals surface area contributed by atoms with Gasteiger partial charge in [0.15, 0.2) is 0 Å². The zero-order valence-corrected chi connectivity index (χ0v) is 20.1. The zero-order valence-electron chi connectivity index (χ0n) is 18.6. The number of benzene rings is 2. The molecule has 0 saturated carbocycles. The largest absolute Gasteiger partial charge is 0.395 e. The van der Waals surface area contributed by atoms with Crippen molar-refractivity contribution in [1.82, 2.24) is 4.90 Å². The van der Waals surface area contributed by atoms with Gasteiger partial charge in [0, 0.05) is 46.5 Å². The highest BCUT2D eigenvalue weighted by molar-refractivity contribution is 6.36. The van der Waals surface area contributed by atoms with Crippen LogP contribution in [0.15, 0.2) is 53.0 Å². The molecular formula is C25H28Cl2N2O3. The highest BCUT2D eigenvalue weighted by Gasteiger charge is 2.39. The van der Waals surface area contributed by atoms with Crippen molar-refractivity contribution in [3.05, 3.63) is 74.8 Å². The number of nitrogens with zero attached hydrogens (tertiary/aromatic N) is 2. The van der Waals surface area contributed by atoms with E-state index in [4.69, 9.17) is 32.9 Å². The van der Waals surface area contributed by atoms with Gasteiger partial charge in [-0.05, 0) is 50.1 Å². The fourth-order valence-corrected chi connectivity index (χ4v) is 4.49. The Morgan fingerprint density at radius 1 is 1.09 bits per heavy atom. The van der Waals surface area contributed by atoms with Crippen molar-refractivity contribution in [2.45, 2.75) is 26.8 Å². The first-order valence-corrected chi connectivity index (χ1v) is 11.5. The molecule has 5 nitrogen and oxygen atoms in total. The summed E-state index contributed by atoms with van der Waals surface area (Å²) in [5.41, 5.74) is 4.97. The van der Waals surface area contributed by atoms with Crippen LogP contribution in [0.1, 0.15) is 37.5 Å². The van der Waals surface area contributed by atoms with Crippen molar-refractivity contribution in [3.8, 4) is 0 Å². The molecule has 2 aliphatic heterocycles. The monoisotopic (exact) mass is 474 g/mol. The minimum atomic E-state index is -0.139. The Bertz CT molecular complexity index is 1050. The first-order valence-electron chi connectivity index (χ1n) is 10.8. The number of amides is 1. The molecule has 0 bridgehead atoms. The Balaban J connectivity index is 0.000000523. The normalized spacial score (nSPS) is 17.3. The molecule has 1 amide bonds. The Kier molecular flexibility index (Phi) is 8.49. The van der Waals surface area contributed by atoms with E-state index in [2.05, 4.69) is 0 Å². The molecule has 0 saturated heterocycles. The summed E-state index contributed by atoms with van der Waals surface area (Å²) in [5, 5.41) is 10.5. The number of rotatable bonds is 5. The predicted octanol–water partition coefficient (Wildman–Crippen LogP) is 4.86. The zero-order chi connectivity index (χ0) is 23.3. The Hall–Kier alpha value is -2.18. The van der Waals surface area contributed by atoms with Crippen molar-refractivity contribution < 1.29 is 14.6 Å². The molecule has 2 heterocycles.